The molecule has 4 nitrogen and oxygen atoms in total. The quantitative estimate of drug-likeness (QED) is 0.215. The first kappa shape index (κ1) is 16.1. The first-order chi connectivity index (χ1) is 1.73. The Morgan fingerprint density at radius 3 is 1.50 bits per heavy atom. The zero-order valence-electron chi connectivity index (χ0n) is 1.71. The maximum atomic E-state index is 8.36. The van der Waals surface area contributed by atoms with E-state index in [2.05, 4.69) is 0 Å². The van der Waals surface area contributed by atoms with Gasteiger partial charge in [0.25, 0.3) is 5.09 Å². The molecule has 0 bridgehead atoms. The van der Waals surface area contributed by atoms with Crippen LogP contribution < -0.4 is 0 Å². The van der Waals surface area contributed by atoms with Gasteiger partial charge in [0, 0.05) is 0 Å². The monoisotopic (exact) mass is 79.0 g/mol. The fourth-order valence-electron chi connectivity index (χ4n) is 0. The van der Waals surface area contributed by atoms with Crippen LogP contribution in [0.2, 0.25) is 0 Å². The van der Waals surface area contributed by atoms with Crippen molar-refractivity contribution in [3.8, 4) is 0 Å². The summed E-state index contributed by atoms with van der Waals surface area (Å²) in [5.74, 6) is 0. The van der Waals surface area contributed by atoms with Crippen molar-refractivity contribution in [2.24, 2.45) is 0 Å². The van der Waals surface area contributed by atoms with Crippen molar-refractivity contribution in [2.45, 2.75) is 0 Å². The van der Waals surface area contributed by atoms with E-state index in [1.807, 2.05) is 0 Å². The van der Waals surface area contributed by atoms with E-state index >= 15 is 0 Å². The molecule has 0 saturated heterocycles. The molecule has 0 amide bonds. The fraction of sp³-hybridized carbons (Fsp3) is 0. The van der Waals surface area contributed by atoms with Gasteiger partial charge in [-0.05, 0) is 0 Å². The van der Waals surface area contributed by atoms with Crippen molar-refractivity contribution < 1.29 is 10.3 Å². The van der Waals surface area contributed by atoms with E-state index in [-0.39, 0.29) is 37.7 Å². The average Bonchev–Trinajstić information content (AvgIpc) is 0.811. The minimum absolute atomic E-state index is 0. The second-order valence-corrected chi connectivity index (χ2v) is 0.238. The predicted octanol–water partition coefficient (Wildman–Crippen LogP) is -1.64. The van der Waals surface area contributed by atoms with Crippen LogP contribution in [0.1, 0.15) is 0 Å². The van der Waals surface area contributed by atoms with E-state index < -0.39 is 5.09 Å². The zero-order valence-corrected chi connectivity index (χ0v) is 1.71. The molecule has 0 unspecified atom stereocenters. The second-order valence-electron chi connectivity index (χ2n) is 0.238. The van der Waals surface area contributed by atoms with Gasteiger partial charge in [-0.15, -0.1) is 10.1 Å². The molecule has 0 aliphatic rings. The van der Waals surface area contributed by atoms with Crippen LogP contribution in [0.15, 0.2) is 0 Å². The summed E-state index contributed by atoms with van der Waals surface area (Å²) in [6, 6.07) is 0. The molecule has 0 radical (unpaired) electrons. The first-order valence-corrected chi connectivity index (χ1v) is 0.565. The van der Waals surface area contributed by atoms with Crippen LogP contribution >= 0.6 is 0 Å². The maximum absolute atomic E-state index is 8.36. The molecule has 0 aliphatic carbocycles. The molecule has 28 valence electrons. The molecule has 0 heterocycles. The molecule has 6 heavy (non-hydrogen) atoms. The van der Waals surface area contributed by atoms with Gasteiger partial charge in [0.1, 0.15) is 0 Å². The number of hydrogen-bond donors (Lipinski definition) is 1. The molecule has 0 rings (SSSR count). The summed E-state index contributed by atoms with van der Waals surface area (Å²) >= 11 is 0. The summed E-state index contributed by atoms with van der Waals surface area (Å²) in [7, 11) is 0. The normalized spacial score (nSPS) is 4.00. The van der Waals surface area contributed by atoms with Crippen LogP contribution in [-0.2, 0) is 0 Å². The van der Waals surface area contributed by atoms with Crippen molar-refractivity contribution >= 4 is 37.7 Å². The van der Waals surface area contributed by atoms with Gasteiger partial charge < -0.3 is 5.21 Å². The molecule has 0 atom stereocenters. The second kappa shape index (κ2) is 9.04. The third kappa shape index (κ3) is 325. The third-order valence-electron chi connectivity index (χ3n) is 0. The summed E-state index contributed by atoms with van der Waals surface area (Å²) < 4.78 is 0. The Morgan fingerprint density at radius 1 is 1.50 bits per heavy atom. The predicted molar refractivity (Wildman–Crippen MR) is 23.1 cm³/mol. The Morgan fingerprint density at radius 2 is 1.50 bits per heavy atom. The van der Waals surface area contributed by atoms with Crippen LogP contribution in [0.4, 0.5) is 0 Å². The molecule has 0 saturated carbocycles. The standard InChI is InChI=1S/2Li.HNO3.2H/c;;2-1(3)4;;/h;;(H,2,3,4);;. The summed E-state index contributed by atoms with van der Waals surface area (Å²) in [5, 5.41) is 13.6. The van der Waals surface area contributed by atoms with E-state index in [4.69, 9.17) is 15.3 Å². The van der Waals surface area contributed by atoms with E-state index in [1.54, 1.807) is 0 Å². The summed E-state index contributed by atoms with van der Waals surface area (Å²) in [4.78, 5) is 8.36. The molecule has 0 aromatic heterocycles. The van der Waals surface area contributed by atoms with E-state index in [0.717, 1.165) is 0 Å². The SMILES string of the molecule is O=[N+]([O-])O.[LiH].[LiH]. The molecule has 0 aromatic rings. The third-order valence-corrected chi connectivity index (χ3v) is 0. The molecular formula is H3Li2NO3. The van der Waals surface area contributed by atoms with Gasteiger partial charge in [0.15, 0.2) is 0 Å². The Kier molecular flexibility index (Phi) is 24.3. The van der Waals surface area contributed by atoms with Crippen molar-refractivity contribution in [3.63, 3.8) is 0 Å². The van der Waals surface area contributed by atoms with Gasteiger partial charge in [0.2, 0.25) is 0 Å². The van der Waals surface area contributed by atoms with Gasteiger partial charge in [-0.2, -0.15) is 0 Å². The summed E-state index contributed by atoms with van der Waals surface area (Å²) in [5.41, 5.74) is 0. The van der Waals surface area contributed by atoms with Gasteiger partial charge in [-0.25, -0.2) is 0 Å². The van der Waals surface area contributed by atoms with E-state index in [1.165, 1.54) is 0 Å². The summed E-state index contributed by atoms with van der Waals surface area (Å²) in [6.07, 6.45) is 0. The van der Waals surface area contributed by atoms with Crippen molar-refractivity contribution in [1.82, 2.24) is 0 Å². The first-order valence-electron chi connectivity index (χ1n) is 0.565. The molecule has 0 fully saturated rings. The van der Waals surface area contributed by atoms with Crippen LogP contribution in [-0.4, -0.2) is 48.0 Å². The Hall–Kier alpha value is 0.395. The molecule has 0 aliphatic heterocycles. The summed E-state index contributed by atoms with van der Waals surface area (Å²) in [6.45, 7) is 0. The van der Waals surface area contributed by atoms with Gasteiger partial charge in [-0.1, -0.05) is 0 Å². The van der Waals surface area contributed by atoms with Crippen LogP contribution in [0.5, 0.6) is 0 Å². The van der Waals surface area contributed by atoms with Gasteiger partial charge in [0.05, 0.1) is 0 Å². The molecule has 0 aromatic carbocycles. The Labute approximate surface area is 58.4 Å². The van der Waals surface area contributed by atoms with Crippen molar-refractivity contribution in [3.05, 3.63) is 10.1 Å². The van der Waals surface area contributed by atoms with E-state index in [9.17, 15) is 0 Å². The molecule has 1 N–H and O–H groups in total. The molecule has 6 heteroatoms. The fourth-order valence-corrected chi connectivity index (χ4v) is 0. The van der Waals surface area contributed by atoms with Crippen LogP contribution in [0, 0.1) is 10.1 Å². The minimum atomic E-state index is -1.50. The van der Waals surface area contributed by atoms with Crippen LogP contribution in [0.3, 0.4) is 0 Å². The van der Waals surface area contributed by atoms with Gasteiger partial charge >= 0.3 is 37.7 Å². The number of nitrogens with zero attached hydrogens (tertiary/aromatic N) is 1. The van der Waals surface area contributed by atoms with E-state index in [0.29, 0.717) is 0 Å². The number of rotatable bonds is 0. The average molecular weight is 78.9 g/mol. The topological polar surface area (TPSA) is 63.4 Å². The Balaban J connectivity index is -0.0000000450. The number of hydrogen-bond acceptors (Lipinski definition) is 2. The van der Waals surface area contributed by atoms with Crippen molar-refractivity contribution in [1.29, 1.82) is 0 Å². The van der Waals surface area contributed by atoms with Crippen molar-refractivity contribution in [2.75, 3.05) is 0 Å². The Bertz CT molecular complexity index is 31.8. The zero-order chi connectivity index (χ0) is 3.58. The van der Waals surface area contributed by atoms with Gasteiger partial charge in [-0.3, -0.25) is 0 Å². The van der Waals surface area contributed by atoms with Crippen LogP contribution in [0.25, 0.3) is 0 Å². The molecular weight excluding hydrogens is 75.9 g/mol. The molecule has 0 spiro atoms.